The number of piperidine rings is 2. The summed E-state index contributed by atoms with van der Waals surface area (Å²) < 4.78 is 43.6. The lowest BCUT2D eigenvalue weighted by Crippen LogP contribution is -2.55. The van der Waals surface area contributed by atoms with Crippen molar-refractivity contribution in [2.75, 3.05) is 30.9 Å². The van der Waals surface area contributed by atoms with Gasteiger partial charge in [0, 0.05) is 32.4 Å². The summed E-state index contributed by atoms with van der Waals surface area (Å²) in [6.45, 7) is 0.613. The van der Waals surface area contributed by atoms with Crippen LogP contribution in [0.1, 0.15) is 36.6 Å². The maximum Gasteiger partial charge on any atom is 0.416 e. The van der Waals surface area contributed by atoms with Crippen molar-refractivity contribution in [3.05, 3.63) is 35.7 Å². The fraction of sp³-hybridized carbons (Fsp3) is 0.526. The molecule has 3 atom stereocenters. The number of halogens is 3. The zero-order valence-corrected chi connectivity index (χ0v) is 16.1. The van der Waals surface area contributed by atoms with Gasteiger partial charge in [0.1, 0.15) is 0 Å². The first kappa shape index (κ1) is 19.5. The van der Waals surface area contributed by atoms with Crippen LogP contribution in [-0.4, -0.2) is 47.8 Å². The molecule has 10 heteroatoms. The van der Waals surface area contributed by atoms with Crippen LogP contribution in [0.15, 0.2) is 28.8 Å². The van der Waals surface area contributed by atoms with E-state index in [0.717, 1.165) is 31.4 Å². The van der Waals surface area contributed by atoms with Crippen LogP contribution in [0.4, 0.5) is 29.6 Å². The highest BCUT2D eigenvalue weighted by Crippen LogP contribution is 2.44. The van der Waals surface area contributed by atoms with Crippen molar-refractivity contribution in [2.24, 2.45) is 5.92 Å². The molecule has 7 nitrogen and oxygen atoms in total. The van der Waals surface area contributed by atoms with Gasteiger partial charge in [0.15, 0.2) is 0 Å². The molecule has 2 amide bonds. The van der Waals surface area contributed by atoms with Gasteiger partial charge in [-0.05, 0) is 54.6 Å². The Morgan fingerprint density at radius 2 is 1.97 bits per heavy atom. The van der Waals surface area contributed by atoms with E-state index >= 15 is 0 Å². The highest BCUT2D eigenvalue weighted by Gasteiger charge is 2.45. The predicted octanol–water partition coefficient (Wildman–Crippen LogP) is 3.95. The Hall–Kier alpha value is -2.78. The average Bonchev–Trinajstić information content (AvgIpc) is 3.18. The Morgan fingerprint density at radius 3 is 2.55 bits per heavy atom. The van der Waals surface area contributed by atoms with Crippen LogP contribution in [0.2, 0.25) is 0 Å². The number of carbonyl (C=O) groups is 1. The molecule has 29 heavy (non-hydrogen) atoms. The van der Waals surface area contributed by atoms with Crippen LogP contribution < -0.4 is 10.2 Å². The summed E-state index contributed by atoms with van der Waals surface area (Å²) >= 11 is 0. The van der Waals surface area contributed by atoms with E-state index in [2.05, 4.69) is 15.5 Å². The molecular weight excluding hydrogens is 387 g/mol. The Kier molecular flexibility index (Phi) is 4.87. The second-order valence-electron chi connectivity index (χ2n) is 7.84. The average molecular weight is 409 g/mol. The molecule has 3 heterocycles. The van der Waals surface area contributed by atoms with Gasteiger partial charge in [-0.25, -0.2) is 4.79 Å². The smallest absolute Gasteiger partial charge is 0.344 e. The number of alkyl halides is 3. The van der Waals surface area contributed by atoms with Gasteiger partial charge in [-0.1, -0.05) is 0 Å². The van der Waals surface area contributed by atoms with E-state index in [0.29, 0.717) is 30.0 Å². The molecule has 156 valence electrons. The molecule has 2 aromatic rings. The number of urea groups is 1. The molecule has 1 aromatic carbocycles. The van der Waals surface area contributed by atoms with Crippen molar-refractivity contribution < 1.29 is 22.5 Å². The van der Waals surface area contributed by atoms with Crippen molar-refractivity contribution in [1.82, 2.24) is 15.0 Å². The topological polar surface area (TPSA) is 74.5 Å². The van der Waals surface area contributed by atoms with Gasteiger partial charge in [0.05, 0.1) is 11.5 Å². The van der Waals surface area contributed by atoms with Crippen molar-refractivity contribution in [3.8, 4) is 0 Å². The van der Waals surface area contributed by atoms with Gasteiger partial charge in [0.25, 0.3) is 5.95 Å². The van der Waals surface area contributed by atoms with Gasteiger partial charge in [-0.15, -0.1) is 0 Å². The number of benzene rings is 1. The van der Waals surface area contributed by atoms with Crippen LogP contribution in [0.3, 0.4) is 0 Å². The number of hydrogen-bond acceptors (Lipinski definition) is 5. The first-order valence-corrected chi connectivity index (χ1v) is 9.48. The third-order valence-electron chi connectivity index (χ3n) is 5.65. The number of anilines is 2. The van der Waals surface area contributed by atoms with E-state index in [9.17, 15) is 18.0 Å². The van der Waals surface area contributed by atoms with Crippen LogP contribution in [0.5, 0.6) is 0 Å². The molecule has 2 bridgehead atoms. The Morgan fingerprint density at radius 1 is 1.24 bits per heavy atom. The Bertz CT molecular complexity index is 881. The SMILES string of the molecule is CN(C)c1noc(C2C[C@@H]3CC[C@H]2N(C(=O)Nc2ccc(C(F)(F)F)cc2)C3)n1. The van der Waals surface area contributed by atoms with Crippen molar-refractivity contribution >= 4 is 17.7 Å². The zero-order valence-electron chi connectivity index (χ0n) is 16.1. The van der Waals surface area contributed by atoms with Crippen molar-refractivity contribution in [3.63, 3.8) is 0 Å². The fourth-order valence-corrected chi connectivity index (χ4v) is 4.19. The molecule has 2 saturated heterocycles. The third kappa shape index (κ3) is 3.88. The summed E-state index contributed by atoms with van der Waals surface area (Å²) in [7, 11) is 3.65. The van der Waals surface area contributed by atoms with E-state index in [4.69, 9.17) is 4.52 Å². The number of amides is 2. The van der Waals surface area contributed by atoms with Gasteiger partial charge >= 0.3 is 12.2 Å². The number of carbonyl (C=O) groups excluding carboxylic acids is 1. The molecule has 3 fully saturated rings. The zero-order chi connectivity index (χ0) is 20.8. The van der Waals surface area contributed by atoms with Crippen LogP contribution in [-0.2, 0) is 6.18 Å². The van der Waals surface area contributed by atoms with Crippen LogP contribution in [0.25, 0.3) is 0 Å². The van der Waals surface area contributed by atoms with Crippen molar-refractivity contribution in [2.45, 2.75) is 37.4 Å². The maximum absolute atomic E-state index is 12.8. The molecule has 1 unspecified atom stereocenters. The molecule has 1 aromatic heterocycles. The normalized spacial score (nSPS) is 23.9. The number of nitrogens with zero attached hydrogens (tertiary/aromatic N) is 4. The van der Waals surface area contributed by atoms with E-state index in [1.165, 1.54) is 12.1 Å². The summed E-state index contributed by atoms with van der Waals surface area (Å²) in [5.74, 6) is 1.30. The molecule has 0 radical (unpaired) electrons. The van der Waals surface area contributed by atoms with Crippen LogP contribution in [0, 0.1) is 5.92 Å². The molecule has 1 aliphatic carbocycles. The minimum atomic E-state index is -4.41. The number of fused-ring (bicyclic) bond motifs is 3. The van der Waals surface area contributed by atoms with E-state index in [1.807, 2.05) is 14.1 Å². The first-order chi connectivity index (χ1) is 13.7. The minimum Gasteiger partial charge on any atom is -0.344 e. The van der Waals surface area contributed by atoms with Gasteiger partial charge in [-0.3, -0.25) is 0 Å². The molecule has 1 saturated carbocycles. The number of aromatic nitrogens is 2. The third-order valence-corrected chi connectivity index (χ3v) is 5.65. The molecule has 5 rings (SSSR count). The lowest BCUT2D eigenvalue weighted by molar-refractivity contribution is -0.137. The fourth-order valence-electron chi connectivity index (χ4n) is 4.19. The second kappa shape index (κ2) is 7.23. The van der Waals surface area contributed by atoms with Gasteiger partial charge in [-0.2, -0.15) is 18.2 Å². The lowest BCUT2D eigenvalue weighted by Gasteiger charge is -2.48. The summed E-state index contributed by atoms with van der Waals surface area (Å²) in [5.41, 5.74) is -0.422. The summed E-state index contributed by atoms with van der Waals surface area (Å²) in [6.07, 6.45) is -1.67. The molecular formula is C19H22F3N5O2. The minimum absolute atomic E-state index is 0.0398. The van der Waals surface area contributed by atoms with E-state index in [1.54, 1.807) is 9.80 Å². The molecule has 0 spiro atoms. The number of hydrogen-bond donors (Lipinski definition) is 1. The molecule has 2 aliphatic heterocycles. The van der Waals surface area contributed by atoms with Crippen molar-refractivity contribution in [1.29, 1.82) is 0 Å². The monoisotopic (exact) mass is 409 g/mol. The predicted molar refractivity (Wildman–Crippen MR) is 99.7 cm³/mol. The highest BCUT2D eigenvalue weighted by molar-refractivity contribution is 5.89. The molecule has 1 N–H and O–H groups in total. The standard InChI is InChI=1S/C19H22F3N5O2/c1-26(2)17-24-16(29-25-17)14-9-11-3-8-15(14)27(10-11)18(28)23-13-6-4-12(5-7-13)19(20,21)22/h4-7,11,14-15H,3,8-10H2,1-2H3,(H,23,28)/t11-,14?,15+/m0/s1. The largest absolute Gasteiger partial charge is 0.416 e. The van der Waals surface area contributed by atoms with Gasteiger partial charge in [0.2, 0.25) is 5.89 Å². The Labute approximate surface area is 165 Å². The lowest BCUT2D eigenvalue weighted by atomic mass is 9.72. The highest BCUT2D eigenvalue weighted by atomic mass is 19.4. The Balaban J connectivity index is 1.48. The van der Waals surface area contributed by atoms with Crippen LogP contribution >= 0.6 is 0 Å². The summed E-state index contributed by atoms with van der Waals surface area (Å²) in [5, 5.41) is 6.68. The molecule has 3 aliphatic rings. The summed E-state index contributed by atoms with van der Waals surface area (Å²) in [6, 6.07) is 4.05. The number of nitrogens with one attached hydrogen (secondary N) is 1. The first-order valence-electron chi connectivity index (χ1n) is 9.48. The quantitative estimate of drug-likeness (QED) is 0.831. The van der Waals surface area contributed by atoms with E-state index < -0.39 is 11.7 Å². The number of rotatable bonds is 3. The summed E-state index contributed by atoms with van der Waals surface area (Å²) in [4.78, 5) is 20.8. The van der Waals surface area contributed by atoms with Gasteiger partial charge < -0.3 is 19.6 Å². The van der Waals surface area contributed by atoms with E-state index in [-0.39, 0.29) is 18.0 Å². The second-order valence-corrected chi connectivity index (χ2v) is 7.84. The maximum atomic E-state index is 12.8.